The molecule has 1 aromatic heterocycles. The van der Waals surface area contributed by atoms with Gasteiger partial charge in [0.25, 0.3) is 0 Å². The molecule has 2 N–H and O–H groups in total. The fraction of sp³-hybridized carbons (Fsp3) is 0.111. The van der Waals surface area contributed by atoms with Gasteiger partial charge in [0, 0.05) is 78.2 Å². The summed E-state index contributed by atoms with van der Waals surface area (Å²) >= 11 is 0. The smallest absolute Gasteiger partial charge is 0.354 e. The van der Waals surface area contributed by atoms with E-state index in [1.807, 2.05) is 0 Å². The summed E-state index contributed by atoms with van der Waals surface area (Å²) in [4.78, 5) is 35.2. The van der Waals surface area contributed by atoms with Gasteiger partial charge < -0.3 is 14.9 Å². The first-order chi connectivity index (χ1) is 7.40. The number of nitrogens with zero attached hydrogens (tertiary/aromatic N) is 1. The van der Waals surface area contributed by atoms with Crippen molar-refractivity contribution in [3.05, 3.63) is 23.5 Å². The third kappa shape index (κ3) is 5.94. The Labute approximate surface area is 146 Å². The minimum absolute atomic E-state index is 0. The molecule has 18 heavy (non-hydrogen) atoms. The van der Waals surface area contributed by atoms with E-state index in [0.29, 0.717) is 0 Å². The Morgan fingerprint density at radius 1 is 1.06 bits per heavy atom. The second-order valence-electron chi connectivity index (χ2n) is 2.78. The van der Waals surface area contributed by atoms with Crippen molar-refractivity contribution >= 4 is 77.0 Å². The van der Waals surface area contributed by atoms with Crippen molar-refractivity contribution in [3.8, 4) is 5.75 Å². The molecule has 0 aliphatic heterocycles. The molecule has 0 amide bonds. The summed E-state index contributed by atoms with van der Waals surface area (Å²) in [5, 5.41) is 17.3. The number of hydrogen-bond acceptors (Lipinski definition) is 5. The first-order valence-corrected chi connectivity index (χ1v) is 4.07. The number of rotatable bonds is 3. The molecule has 0 fully saturated rings. The maximum absolute atomic E-state index is 10.6. The summed E-state index contributed by atoms with van der Waals surface area (Å²) in [5.41, 5.74) is -1.01. The van der Waals surface area contributed by atoms with E-state index in [2.05, 4.69) is 9.72 Å². The van der Waals surface area contributed by atoms with Crippen LogP contribution in [0.3, 0.4) is 0 Å². The summed E-state index contributed by atoms with van der Waals surface area (Å²) in [6.07, 6.45) is 0. The Morgan fingerprint density at radius 2 is 1.44 bits per heavy atom. The standard InChI is InChI=1S/C9H7NO6.2Na/c1-4(11)16-5-2-6(8(12)13)10-7(3-5)9(14)15;;/h2-3H,1H3,(H,12,13)(H,14,15);;. The number of carboxylic acid groups (broad SMARTS) is 2. The second-order valence-corrected chi connectivity index (χ2v) is 2.78. The van der Waals surface area contributed by atoms with E-state index < -0.39 is 29.3 Å². The van der Waals surface area contributed by atoms with E-state index >= 15 is 0 Å². The Bertz CT molecular complexity index is 444. The van der Waals surface area contributed by atoms with Crippen molar-refractivity contribution in [2.45, 2.75) is 6.92 Å². The van der Waals surface area contributed by atoms with Crippen LogP contribution >= 0.6 is 0 Å². The average molecular weight is 271 g/mol. The van der Waals surface area contributed by atoms with Crippen LogP contribution in [-0.2, 0) is 4.79 Å². The van der Waals surface area contributed by atoms with Crippen LogP contribution in [-0.4, -0.2) is 92.2 Å². The molecular formula is C9H7NNa2O6. The van der Waals surface area contributed by atoms with Crippen molar-refractivity contribution < 1.29 is 29.3 Å². The fourth-order valence-electron chi connectivity index (χ4n) is 0.949. The summed E-state index contributed by atoms with van der Waals surface area (Å²) in [6.45, 7) is 1.11. The Morgan fingerprint density at radius 3 is 1.72 bits per heavy atom. The molecule has 9 heteroatoms. The summed E-state index contributed by atoms with van der Waals surface area (Å²) in [7, 11) is 0. The zero-order valence-electron chi connectivity index (χ0n) is 10.1. The van der Waals surface area contributed by atoms with Gasteiger partial charge in [0.05, 0.1) is 0 Å². The molecule has 0 atom stereocenters. The first-order valence-electron chi connectivity index (χ1n) is 4.07. The quantitative estimate of drug-likeness (QED) is 0.570. The van der Waals surface area contributed by atoms with Gasteiger partial charge >= 0.3 is 17.9 Å². The van der Waals surface area contributed by atoms with Crippen molar-refractivity contribution in [2.24, 2.45) is 0 Å². The minimum atomic E-state index is -1.41. The summed E-state index contributed by atoms with van der Waals surface area (Å²) < 4.78 is 4.59. The molecule has 0 bridgehead atoms. The molecular weight excluding hydrogens is 264 g/mol. The summed E-state index contributed by atoms with van der Waals surface area (Å²) in [6, 6.07) is 1.94. The zero-order chi connectivity index (χ0) is 12.3. The Hall–Kier alpha value is -0.440. The normalized spacial score (nSPS) is 8.50. The number of aromatic carboxylic acids is 2. The number of hydrogen-bond donors (Lipinski definition) is 2. The van der Waals surface area contributed by atoms with Crippen LogP contribution in [0.2, 0.25) is 0 Å². The third-order valence-corrected chi connectivity index (χ3v) is 1.50. The number of carboxylic acids is 2. The minimum Gasteiger partial charge on any atom is -0.477 e. The molecule has 1 aromatic rings. The van der Waals surface area contributed by atoms with Crippen LogP contribution in [0.4, 0.5) is 0 Å². The van der Waals surface area contributed by atoms with Crippen LogP contribution < -0.4 is 4.74 Å². The molecule has 2 radical (unpaired) electrons. The van der Waals surface area contributed by atoms with E-state index in [1.54, 1.807) is 0 Å². The van der Waals surface area contributed by atoms with Gasteiger partial charge in [-0.3, -0.25) is 4.79 Å². The van der Waals surface area contributed by atoms with Crippen molar-refractivity contribution in [1.82, 2.24) is 4.98 Å². The molecule has 1 heterocycles. The van der Waals surface area contributed by atoms with E-state index in [9.17, 15) is 14.4 Å². The molecule has 0 aliphatic carbocycles. The molecule has 0 saturated carbocycles. The van der Waals surface area contributed by atoms with E-state index in [0.717, 1.165) is 19.1 Å². The SMILES string of the molecule is CC(=O)Oc1cc(C(=O)O)nc(C(=O)O)c1.[Na].[Na]. The number of esters is 1. The molecule has 1 rings (SSSR count). The first kappa shape index (κ1) is 19.9. The molecule has 86 valence electrons. The Balaban J connectivity index is 0. The van der Waals surface area contributed by atoms with E-state index in [-0.39, 0.29) is 64.9 Å². The maximum atomic E-state index is 10.6. The molecule has 0 spiro atoms. The van der Waals surface area contributed by atoms with E-state index in [4.69, 9.17) is 10.2 Å². The van der Waals surface area contributed by atoms with Gasteiger partial charge in [-0.1, -0.05) is 0 Å². The second kappa shape index (κ2) is 8.63. The monoisotopic (exact) mass is 271 g/mol. The number of pyridine rings is 1. The van der Waals surface area contributed by atoms with Gasteiger partial charge in [0.15, 0.2) is 11.4 Å². The van der Waals surface area contributed by atoms with Gasteiger partial charge in [0.2, 0.25) is 0 Å². The van der Waals surface area contributed by atoms with Crippen molar-refractivity contribution in [2.75, 3.05) is 0 Å². The maximum Gasteiger partial charge on any atom is 0.354 e. The van der Waals surface area contributed by atoms with Gasteiger partial charge in [0.1, 0.15) is 5.75 Å². The topological polar surface area (TPSA) is 114 Å². The van der Waals surface area contributed by atoms with Crippen LogP contribution in [0.5, 0.6) is 5.75 Å². The number of carbonyl (C=O) groups is 3. The van der Waals surface area contributed by atoms with Gasteiger partial charge in [-0.15, -0.1) is 0 Å². The van der Waals surface area contributed by atoms with Crippen molar-refractivity contribution in [3.63, 3.8) is 0 Å². The van der Waals surface area contributed by atoms with Crippen LogP contribution in [0.25, 0.3) is 0 Å². The molecule has 7 nitrogen and oxygen atoms in total. The molecule has 0 unspecified atom stereocenters. The number of carbonyl (C=O) groups excluding carboxylic acids is 1. The predicted molar refractivity (Wildman–Crippen MR) is 61.0 cm³/mol. The van der Waals surface area contributed by atoms with Crippen molar-refractivity contribution in [1.29, 1.82) is 0 Å². The van der Waals surface area contributed by atoms with Crippen LogP contribution in [0, 0.1) is 0 Å². The zero-order valence-corrected chi connectivity index (χ0v) is 14.1. The van der Waals surface area contributed by atoms with Gasteiger partial charge in [-0.2, -0.15) is 0 Å². The van der Waals surface area contributed by atoms with Crippen LogP contribution in [0.15, 0.2) is 12.1 Å². The predicted octanol–water partition coefficient (Wildman–Crippen LogP) is -0.358. The molecule has 0 aromatic carbocycles. The largest absolute Gasteiger partial charge is 0.477 e. The molecule has 0 aliphatic rings. The van der Waals surface area contributed by atoms with E-state index in [1.165, 1.54) is 0 Å². The third-order valence-electron chi connectivity index (χ3n) is 1.50. The molecule has 0 saturated heterocycles. The Kier molecular flexibility index (Phi) is 9.53. The van der Waals surface area contributed by atoms with Crippen LogP contribution in [0.1, 0.15) is 27.9 Å². The van der Waals surface area contributed by atoms with Gasteiger partial charge in [-0.25, -0.2) is 14.6 Å². The fourth-order valence-corrected chi connectivity index (χ4v) is 0.949. The van der Waals surface area contributed by atoms with Gasteiger partial charge in [-0.05, 0) is 0 Å². The number of ether oxygens (including phenoxy) is 1. The summed E-state index contributed by atoms with van der Waals surface area (Å²) in [5.74, 6) is -3.66. The average Bonchev–Trinajstić information content (AvgIpc) is 2.15. The number of aromatic nitrogens is 1.